The van der Waals surface area contributed by atoms with Gasteiger partial charge in [0.1, 0.15) is 0 Å². The van der Waals surface area contributed by atoms with Gasteiger partial charge in [-0.3, -0.25) is 0 Å². The van der Waals surface area contributed by atoms with Crippen molar-refractivity contribution in [1.82, 2.24) is 9.80 Å². The van der Waals surface area contributed by atoms with Crippen LogP contribution in [0, 0.1) is 0 Å². The van der Waals surface area contributed by atoms with Gasteiger partial charge in [-0.1, -0.05) is 11.6 Å². The molecule has 0 saturated carbocycles. The van der Waals surface area contributed by atoms with Crippen LogP contribution in [0.4, 0.5) is 0 Å². The van der Waals surface area contributed by atoms with Gasteiger partial charge in [-0.25, -0.2) is 0 Å². The van der Waals surface area contributed by atoms with Gasteiger partial charge < -0.3 is 9.80 Å². The highest BCUT2D eigenvalue weighted by atomic mass is 15.1. The zero-order valence-electron chi connectivity index (χ0n) is 8.39. The predicted molar refractivity (Wildman–Crippen MR) is 50.9 cm³/mol. The van der Waals surface area contributed by atoms with Gasteiger partial charge in [0.2, 0.25) is 0 Å². The van der Waals surface area contributed by atoms with E-state index >= 15 is 0 Å². The van der Waals surface area contributed by atoms with Gasteiger partial charge in [0.05, 0.1) is 0 Å². The standard InChI is InChI=1S/C9H20N2/c1-9(8-11(4)5)6-7-10(2)3/h6H,7-8H2,1-5H3/b9-6+. The van der Waals surface area contributed by atoms with Crippen LogP contribution in [0.25, 0.3) is 0 Å². The summed E-state index contributed by atoms with van der Waals surface area (Å²) in [6.07, 6.45) is 2.26. The van der Waals surface area contributed by atoms with Crippen LogP contribution in [0.15, 0.2) is 11.6 Å². The van der Waals surface area contributed by atoms with Crippen molar-refractivity contribution in [2.24, 2.45) is 0 Å². The molecule has 0 N–H and O–H groups in total. The zero-order valence-corrected chi connectivity index (χ0v) is 8.39. The van der Waals surface area contributed by atoms with E-state index in [4.69, 9.17) is 0 Å². The summed E-state index contributed by atoms with van der Waals surface area (Å²) in [5.74, 6) is 0. The molecule has 0 fully saturated rings. The average molecular weight is 156 g/mol. The largest absolute Gasteiger partial charge is 0.306 e. The fourth-order valence-corrected chi connectivity index (χ4v) is 0.902. The van der Waals surface area contributed by atoms with Crippen molar-refractivity contribution in [3.05, 3.63) is 11.6 Å². The van der Waals surface area contributed by atoms with Crippen LogP contribution in [0.2, 0.25) is 0 Å². The van der Waals surface area contributed by atoms with Gasteiger partial charge in [-0.05, 0) is 35.1 Å². The number of hydrogen-bond acceptors (Lipinski definition) is 2. The molecule has 0 saturated heterocycles. The highest BCUT2D eigenvalue weighted by Crippen LogP contribution is 1.93. The number of hydrogen-bond donors (Lipinski definition) is 0. The SMILES string of the molecule is C/C(=C\CN(C)C)CN(C)C. The molecule has 0 spiro atoms. The molecule has 0 atom stereocenters. The maximum atomic E-state index is 2.26. The molecular formula is C9H20N2. The van der Waals surface area contributed by atoms with Gasteiger partial charge in [0, 0.05) is 13.1 Å². The second-order valence-corrected chi connectivity index (χ2v) is 3.55. The van der Waals surface area contributed by atoms with Crippen molar-refractivity contribution in [3.63, 3.8) is 0 Å². The minimum atomic E-state index is 1.04. The minimum absolute atomic E-state index is 1.04. The predicted octanol–water partition coefficient (Wildman–Crippen LogP) is 1.06. The number of likely N-dealkylation sites (N-methyl/N-ethyl adjacent to an activating group) is 2. The van der Waals surface area contributed by atoms with E-state index in [1.165, 1.54) is 5.57 Å². The fourth-order valence-electron chi connectivity index (χ4n) is 0.902. The smallest absolute Gasteiger partial charge is 0.0184 e. The van der Waals surface area contributed by atoms with E-state index in [2.05, 4.69) is 51.0 Å². The summed E-state index contributed by atoms with van der Waals surface area (Å²) < 4.78 is 0. The lowest BCUT2D eigenvalue weighted by molar-refractivity contribution is 0.434. The second-order valence-electron chi connectivity index (χ2n) is 3.55. The maximum Gasteiger partial charge on any atom is 0.0184 e. The molecule has 2 nitrogen and oxygen atoms in total. The molecule has 0 unspecified atom stereocenters. The van der Waals surface area contributed by atoms with E-state index in [0.717, 1.165) is 13.1 Å². The summed E-state index contributed by atoms with van der Waals surface area (Å²) in [7, 11) is 8.35. The molecule has 0 aliphatic rings. The topological polar surface area (TPSA) is 6.48 Å². The molecule has 0 aromatic rings. The molecule has 0 radical (unpaired) electrons. The van der Waals surface area contributed by atoms with Crippen LogP contribution < -0.4 is 0 Å². The summed E-state index contributed by atoms with van der Waals surface area (Å²) in [5.41, 5.74) is 1.43. The Hall–Kier alpha value is -0.340. The van der Waals surface area contributed by atoms with Gasteiger partial charge in [0.15, 0.2) is 0 Å². The molecule has 0 aliphatic carbocycles. The van der Waals surface area contributed by atoms with Gasteiger partial charge >= 0.3 is 0 Å². The number of rotatable bonds is 4. The van der Waals surface area contributed by atoms with Crippen molar-refractivity contribution in [3.8, 4) is 0 Å². The lowest BCUT2D eigenvalue weighted by Gasteiger charge is -2.11. The van der Waals surface area contributed by atoms with Crippen molar-refractivity contribution < 1.29 is 0 Å². The first-order valence-electron chi connectivity index (χ1n) is 3.97. The van der Waals surface area contributed by atoms with Crippen molar-refractivity contribution in [1.29, 1.82) is 0 Å². The van der Waals surface area contributed by atoms with Crippen LogP contribution in [0.1, 0.15) is 6.92 Å². The van der Waals surface area contributed by atoms with E-state index in [0.29, 0.717) is 0 Å². The first-order valence-corrected chi connectivity index (χ1v) is 3.97. The van der Waals surface area contributed by atoms with Crippen LogP contribution >= 0.6 is 0 Å². The van der Waals surface area contributed by atoms with Crippen molar-refractivity contribution in [2.45, 2.75) is 6.92 Å². The summed E-state index contributed by atoms with van der Waals surface area (Å²) in [4.78, 5) is 4.35. The monoisotopic (exact) mass is 156 g/mol. The van der Waals surface area contributed by atoms with E-state index < -0.39 is 0 Å². The highest BCUT2D eigenvalue weighted by Gasteiger charge is 1.91. The number of nitrogens with zero attached hydrogens (tertiary/aromatic N) is 2. The molecule has 0 aromatic heterocycles. The summed E-state index contributed by atoms with van der Waals surface area (Å²) in [5, 5.41) is 0. The van der Waals surface area contributed by atoms with Crippen LogP contribution in [0.5, 0.6) is 0 Å². The first-order chi connectivity index (χ1) is 5.02. The third-order valence-electron chi connectivity index (χ3n) is 1.37. The molecule has 0 bridgehead atoms. The molecule has 11 heavy (non-hydrogen) atoms. The quantitative estimate of drug-likeness (QED) is 0.561. The Labute approximate surface area is 70.5 Å². The Balaban J connectivity index is 3.63. The minimum Gasteiger partial charge on any atom is -0.306 e. The third-order valence-corrected chi connectivity index (χ3v) is 1.37. The van der Waals surface area contributed by atoms with Crippen molar-refractivity contribution >= 4 is 0 Å². The molecule has 0 rings (SSSR count). The van der Waals surface area contributed by atoms with Crippen molar-refractivity contribution in [2.75, 3.05) is 41.3 Å². The normalized spacial score (nSPS) is 13.2. The average Bonchev–Trinajstić information content (AvgIpc) is 1.82. The van der Waals surface area contributed by atoms with Gasteiger partial charge in [-0.2, -0.15) is 0 Å². The fraction of sp³-hybridized carbons (Fsp3) is 0.778. The Bertz CT molecular complexity index is 126. The second kappa shape index (κ2) is 5.33. The highest BCUT2D eigenvalue weighted by molar-refractivity contribution is 5.00. The maximum absolute atomic E-state index is 2.26. The Kier molecular flexibility index (Phi) is 5.16. The first kappa shape index (κ1) is 10.7. The molecule has 66 valence electrons. The molecule has 0 amide bonds. The summed E-state index contributed by atoms with van der Waals surface area (Å²) >= 11 is 0. The summed E-state index contributed by atoms with van der Waals surface area (Å²) in [6, 6.07) is 0. The Morgan fingerprint density at radius 3 is 2.00 bits per heavy atom. The molecule has 0 aromatic carbocycles. The Morgan fingerprint density at radius 1 is 1.09 bits per heavy atom. The van der Waals surface area contributed by atoms with E-state index in [1.54, 1.807) is 0 Å². The van der Waals surface area contributed by atoms with Crippen LogP contribution in [-0.4, -0.2) is 51.1 Å². The van der Waals surface area contributed by atoms with E-state index in [-0.39, 0.29) is 0 Å². The molecule has 0 heterocycles. The van der Waals surface area contributed by atoms with Gasteiger partial charge in [-0.15, -0.1) is 0 Å². The van der Waals surface area contributed by atoms with E-state index in [9.17, 15) is 0 Å². The Morgan fingerprint density at radius 2 is 1.64 bits per heavy atom. The zero-order chi connectivity index (χ0) is 8.85. The summed E-state index contributed by atoms with van der Waals surface area (Å²) in [6.45, 7) is 4.27. The molecule has 2 heteroatoms. The lowest BCUT2D eigenvalue weighted by atomic mass is 10.2. The molecular weight excluding hydrogens is 136 g/mol. The van der Waals surface area contributed by atoms with Gasteiger partial charge in [0.25, 0.3) is 0 Å². The third kappa shape index (κ3) is 7.56. The van der Waals surface area contributed by atoms with E-state index in [1.807, 2.05) is 0 Å². The van der Waals surface area contributed by atoms with Crippen LogP contribution in [0.3, 0.4) is 0 Å². The lowest BCUT2D eigenvalue weighted by Crippen LogP contribution is -2.16. The van der Waals surface area contributed by atoms with Crippen LogP contribution in [-0.2, 0) is 0 Å². The molecule has 0 aliphatic heterocycles.